The molecule has 0 aliphatic carbocycles. The predicted octanol–water partition coefficient (Wildman–Crippen LogP) is 2.39. The predicted molar refractivity (Wildman–Crippen MR) is 105 cm³/mol. The fourth-order valence-electron chi connectivity index (χ4n) is 3.41. The van der Waals surface area contributed by atoms with Crippen LogP contribution in [0.3, 0.4) is 0 Å². The van der Waals surface area contributed by atoms with Crippen molar-refractivity contribution >= 4 is 29.4 Å². The van der Waals surface area contributed by atoms with E-state index in [4.69, 9.17) is 0 Å². The Morgan fingerprint density at radius 1 is 1.14 bits per heavy atom. The minimum absolute atomic E-state index is 0.0726. The van der Waals surface area contributed by atoms with Crippen LogP contribution in [0.25, 0.3) is 0 Å². The molecule has 1 N–H and O–H groups in total. The Hall–Kier alpha value is -3.07. The molecule has 0 bridgehead atoms. The Morgan fingerprint density at radius 3 is 2.64 bits per heavy atom. The molecule has 0 atom stereocenters. The third-order valence-electron chi connectivity index (χ3n) is 4.82. The number of rotatable bonds is 5. The summed E-state index contributed by atoms with van der Waals surface area (Å²) in [6.45, 7) is 1.25. The Labute approximate surface area is 166 Å². The van der Waals surface area contributed by atoms with Crippen molar-refractivity contribution in [2.24, 2.45) is 0 Å². The van der Waals surface area contributed by atoms with E-state index in [1.807, 2.05) is 35.0 Å². The number of hydrogen-bond donors (Lipinski definition) is 1. The van der Waals surface area contributed by atoms with Crippen LogP contribution in [-0.4, -0.2) is 48.3 Å². The van der Waals surface area contributed by atoms with Gasteiger partial charge in [-0.2, -0.15) is 13.8 Å². The monoisotopic (exact) mass is 396 g/mol. The van der Waals surface area contributed by atoms with E-state index in [1.165, 1.54) is 6.20 Å². The summed E-state index contributed by atoms with van der Waals surface area (Å²) in [6.07, 6.45) is 5.06. The van der Waals surface area contributed by atoms with E-state index >= 15 is 0 Å². The molecule has 1 aromatic carbocycles. The molecule has 0 spiro atoms. The minimum Gasteiger partial charge on any atom is -0.337 e. The molecule has 8 nitrogen and oxygen atoms in total. The summed E-state index contributed by atoms with van der Waals surface area (Å²) in [4.78, 5) is 26.6. The van der Waals surface area contributed by atoms with Crippen LogP contribution in [0.1, 0.15) is 34.9 Å². The van der Waals surface area contributed by atoms with Gasteiger partial charge in [0.15, 0.2) is 5.69 Å². The van der Waals surface area contributed by atoms with Gasteiger partial charge in [-0.1, -0.05) is 30.3 Å². The lowest BCUT2D eigenvalue weighted by Gasteiger charge is -2.32. The van der Waals surface area contributed by atoms with Gasteiger partial charge in [0.25, 0.3) is 5.91 Å². The highest BCUT2D eigenvalue weighted by atomic mass is 32.1. The Kier molecular flexibility index (Phi) is 5.43. The van der Waals surface area contributed by atoms with Gasteiger partial charge in [0.05, 0.1) is 36.6 Å². The minimum atomic E-state index is -0.0796. The zero-order valence-corrected chi connectivity index (χ0v) is 16.0. The van der Waals surface area contributed by atoms with Gasteiger partial charge in [-0.3, -0.25) is 9.59 Å². The summed E-state index contributed by atoms with van der Waals surface area (Å²) in [7, 11) is 0. The van der Waals surface area contributed by atoms with Crippen molar-refractivity contribution in [1.82, 2.24) is 23.4 Å². The summed E-state index contributed by atoms with van der Waals surface area (Å²) in [5.74, 6) is 0.537. The standard InChI is InChI=1S/C19H20N6O2S/c26-18(12-14-4-2-1-3-5-14)22-17-6-9-20-25(17)15-7-10-24(11-8-15)19(27)16-13-21-28-23-16/h1-6,9,13,15H,7-8,10-12H2,(H,22,26). The summed E-state index contributed by atoms with van der Waals surface area (Å²) in [5.41, 5.74) is 1.37. The molecule has 4 rings (SSSR count). The van der Waals surface area contributed by atoms with Crippen molar-refractivity contribution in [3.63, 3.8) is 0 Å². The van der Waals surface area contributed by atoms with Crippen molar-refractivity contribution in [3.8, 4) is 0 Å². The smallest absolute Gasteiger partial charge is 0.275 e. The number of anilines is 1. The van der Waals surface area contributed by atoms with Crippen LogP contribution < -0.4 is 5.32 Å². The normalized spacial score (nSPS) is 14.8. The van der Waals surface area contributed by atoms with Gasteiger partial charge in [0, 0.05) is 19.2 Å². The number of carbonyl (C=O) groups is 2. The Morgan fingerprint density at radius 2 is 1.93 bits per heavy atom. The molecule has 1 aliphatic heterocycles. The molecule has 0 saturated carbocycles. The number of nitrogens with one attached hydrogen (secondary N) is 1. The van der Waals surface area contributed by atoms with Crippen LogP contribution in [-0.2, 0) is 11.2 Å². The van der Waals surface area contributed by atoms with Crippen LogP contribution >= 0.6 is 11.7 Å². The highest BCUT2D eigenvalue weighted by molar-refractivity contribution is 6.99. The van der Waals surface area contributed by atoms with Gasteiger partial charge in [-0.15, -0.1) is 0 Å². The number of aromatic nitrogens is 4. The molecular formula is C19H20N6O2S. The highest BCUT2D eigenvalue weighted by Gasteiger charge is 2.27. The lowest BCUT2D eigenvalue weighted by molar-refractivity contribution is -0.115. The molecule has 2 amide bonds. The first kappa shape index (κ1) is 18.3. The molecule has 9 heteroatoms. The largest absolute Gasteiger partial charge is 0.337 e. The summed E-state index contributed by atoms with van der Waals surface area (Å²) in [6, 6.07) is 11.6. The van der Waals surface area contributed by atoms with Gasteiger partial charge in [0.1, 0.15) is 5.82 Å². The lowest BCUT2D eigenvalue weighted by atomic mass is 10.0. The maximum Gasteiger partial charge on any atom is 0.275 e. The molecule has 2 aromatic heterocycles. The summed E-state index contributed by atoms with van der Waals surface area (Å²) >= 11 is 1.04. The average molecular weight is 396 g/mol. The molecule has 3 heterocycles. The van der Waals surface area contributed by atoms with E-state index in [2.05, 4.69) is 19.2 Å². The first-order valence-corrected chi connectivity index (χ1v) is 9.88. The zero-order valence-electron chi connectivity index (χ0n) is 15.2. The van der Waals surface area contributed by atoms with Crippen molar-refractivity contribution in [1.29, 1.82) is 0 Å². The molecule has 1 aliphatic rings. The number of amides is 2. The molecule has 1 fully saturated rings. The third kappa shape index (κ3) is 4.09. The van der Waals surface area contributed by atoms with Crippen LogP contribution in [0.5, 0.6) is 0 Å². The number of hydrogen-bond acceptors (Lipinski definition) is 6. The summed E-state index contributed by atoms with van der Waals surface area (Å²) < 4.78 is 9.76. The van der Waals surface area contributed by atoms with Crippen molar-refractivity contribution in [3.05, 3.63) is 60.0 Å². The van der Waals surface area contributed by atoms with Gasteiger partial charge in [-0.05, 0) is 18.4 Å². The number of piperidine rings is 1. The molecule has 3 aromatic rings. The molecule has 144 valence electrons. The fraction of sp³-hybridized carbons (Fsp3) is 0.316. The maximum atomic E-state index is 12.4. The fourth-order valence-corrected chi connectivity index (χ4v) is 3.81. The summed E-state index contributed by atoms with van der Waals surface area (Å²) in [5, 5.41) is 7.35. The van der Waals surface area contributed by atoms with Gasteiger partial charge in [0.2, 0.25) is 5.91 Å². The van der Waals surface area contributed by atoms with E-state index in [1.54, 1.807) is 17.2 Å². The first-order valence-electron chi connectivity index (χ1n) is 9.15. The SMILES string of the molecule is O=C(Cc1ccccc1)Nc1ccnn1C1CCN(C(=O)c2cnsn2)CC1. The van der Waals surface area contributed by atoms with Crippen LogP contribution in [0.2, 0.25) is 0 Å². The quantitative estimate of drug-likeness (QED) is 0.715. The van der Waals surface area contributed by atoms with E-state index in [0.29, 0.717) is 31.0 Å². The van der Waals surface area contributed by atoms with Crippen molar-refractivity contribution < 1.29 is 9.59 Å². The third-order valence-corrected chi connectivity index (χ3v) is 5.30. The van der Waals surface area contributed by atoms with Gasteiger partial charge < -0.3 is 10.2 Å². The number of benzene rings is 1. The molecule has 0 radical (unpaired) electrons. The Balaban J connectivity index is 1.35. The van der Waals surface area contributed by atoms with E-state index < -0.39 is 0 Å². The van der Waals surface area contributed by atoms with Crippen molar-refractivity contribution in [2.75, 3.05) is 18.4 Å². The highest BCUT2D eigenvalue weighted by Crippen LogP contribution is 2.26. The zero-order chi connectivity index (χ0) is 19.3. The maximum absolute atomic E-state index is 12.4. The van der Waals surface area contributed by atoms with Gasteiger partial charge in [-0.25, -0.2) is 4.68 Å². The average Bonchev–Trinajstić information content (AvgIpc) is 3.40. The second-order valence-electron chi connectivity index (χ2n) is 6.69. The topological polar surface area (TPSA) is 93.0 Å². The van der Waals surface area contributed by atoms with Crippen molar-refractivity contribution in [2.45, 2.75) is 25.3 Å². The second-order valence-corrected chi connectivity index (χ2v) is 7.24. The molecule has 1 saturated heterocycles. The first-order chi connectivity index (χ1) is 13.7. The number of carbonyl (C=O) groups excluding carboxylic acids is 2. The van der Waals surface area contributed by atoms with Crippen LogP contribution in [0.4, 0.5) is 5.82 Å². The van der Waals surface area contributed by atoms with Gasteiger partial charge >= 0.3 is 0 Å². The molecular weight excluding hydrogens is 376 g/mol. The molecule has 0 unspecified atom stereocenters. The van der Waals surface area contributed by atoms with Crippen LogP contribution in [0, 0.1) is 0 Å². The Bertz CT molecular complexity index is 933. The second kappa shape index (κ2) is 8.30. The number of likely N-dealkylation sites (tertiary alicyclic amines) is 1. The van der Waals surface area contributed by atoms with E-state index in [9.17, 15) is 9.59 Å². The van der Waals surface area contributed by atoms with Crippen LogP contribution in [0.15, 0.2) is 48.8 Å². The molecule has 28 heavy (non-hydrogen) atoms. The van der Waals surface area contributed by atoms with E-state index in [-0.39, 0.29) is 17.9 Å². The van der Waals surface area contributed by atoms with E-state index in [0.717, 1.165) is 30.1 Å². The number of nitrogens with zero attached hydrogens (tertiary/aromatic N) is 5. The lowest BCUT2D eigenvalue weighted by Crippen LogP contribution is -2.39.